The van der Waals surface area contributed by atoms with Gasteiger partial charge in [-0.1, -0.05) is 65.0 Å². The Morgan fingerprint density at radius 1 is 0.871 bits per heavy atom. The predicted molar refractivity (Wildman–Crippen MR) is 130 cm³/mol. The molecule has 0 saturated carbocycles. The average Bonchev–Trinajstić information content (AvgIpc) is 2.72. The molecule has 0 radical (unpaired) electrons. The number of piperazine rings is 1. The highest BCUT2D eigenvalue weighted by atomic mass is 16.5. The summed E-state index contributed by atoms with van der Waals surface area (Å²) in [6.07, 6.45) is 0.636. The second kappa shape index (κ2) is 10.1. The minimum Gasteiger partial charge on any atom is -0.491 e. The molecule has 1 unspecified atom stereocenters. The van der Waals surface area contributed by atoms with E-state index in [-0.39, 0.29) is 10.8 Å². The minimum atomic E-state index is -0.486. The first-order valence-corrected chi connectivity index (χ1v) is 11.6. The molecule has 1 N–H and O–H groups in total. The van der Waals surface area contributed by atoms with Gasteiger partial charge in [0.1, 0.15) is 18.5 Å². The molecule has 1 atom stereocenters. The maximum Gasteiger partial charge on any atom is 0.119 e. The van der Waals surface area contributed by atoms with Crippen molar-refractivity contribution < 1.29 is 9.84 Å². The van der Waals surface area contributed by atoms with E-state index in [1.165, 1.54) is 11.3 Å². The Bertz CT molecular complexity index is 788. The maximum absolute atomic E-state index is 10.5. The van der Waals surface area contributed by atoms with Crippen molar-refractivity contribution in [2.45, 2.75) is 52.6 Å². The summed E-state index contributed by atoms with van der Waals surface area (Å²) in [4.78, 5) is 4.73. The third-order valence-electron chi connectivity index (χ3n) is 6.01. The van der Waals surface area contributed by atoms with Gasteiger partial charge in [0, 0.05) is 38.4 Å². The van der Waals surface area contributed by atoms with E-state index in [0.717, 1.165) is 38.3 Å². The molecular formula is C27H40N2O2. The van der Waals surface area contributed by atoms with Crippen LogP contribution in [0.1, 0.15) is 46.6 Å². The van der Waals surface area contributed by atoms with Gasteiger partial charge in [-0.15, -0.1) is 0 Å². The van der Waals surface area contributed by atoms with E-state index in [2.05, 4.69) is 86.9 Å². The van der Waals surface area contributed by atoms with Crippen molar-refractivity contribution in [3.05, 3.63) is 60.2 Å². The second-order valence-corrected chi connectivity index (χ2v) is 10.7. The van der Waals surface area contributed by atoms with E-state index < -0.39 is 6.10 Å². The fraction of sp³-hybridized carbons (Fsp3) is 0.556. The molecule has 0 amide bonds. The highest BCUT2D eigenvalue weighted by molar-refractivity contribution is 5.46. The van der Waals surface area contributed by atoms with E-state index in [1.807, 2.05) is 12.1 Å². The van der Waals surface area contributed by atoms with Crippen LogP contribution in [0.5, 0.6) is 5.75 Å². The van der Waals surface area contributed by atoms with Crippen molar-refractivity contribution in [3.8, 4) is 5.75 Å². The van der Waals surface area contributed by atoms with Gasteiger partial charge in [0.05, 0.1) is 0 Å². The summed E-state index contributed by atoms with van der Waals surface area (Å²) < 4.78 is 5.88. The summed E-state index contributed by atoms with van der Waals surface area (Å²) in [6.45, 7) is 16.3. The normalized spacial score (nSPS) is 16.9. The molecule has 1 fully saturated rings. The first-order valence-electron chi connectivity index (χ1n) is 11.6. The van der Waals surface area contributed by atoms with Gasteiger partial charge < -0.3 is 14.7 Å². The SMILES string of the molecule is CC(C)(C)CC(C)(C)c1ccc(OCC(O)CN2CCN(c3ccccc3)CC2)cc1. The Morgan fingerprint density at radius 2 is 1.48 bits per heavy atom. The molecule has 0 aromatic heterocycles. The molecule has 1 saturated heterocycles. The Kier molecular flexibility index (Phi) is 7.66. The molecule has 4 nitrogen and oxygen atoms in total. The number of para-hydroxylation sites is 1. The molecule has 4 heteroatoms. The molecule has 31 heavy (non-hydrogen) atoms. The Labute approximate surface area is 188 Å². The molecule has 1 aliphatic rings. The molecule has 1 aliphatic heterocycles. The van der Waals surface area contributed by atoms with Crippen LogP contribution in [0.2, 0.25) is 0 Å². The van der Waals surface area contributed by atoms with Crippen LogP contribution < -0.4 is 9.64 Å². The van der Waals surface area contributed by atoms with Crippen LogP contribution in [0.3, 0.4) is 0 Å². The van der Waals surface area contributed by atoms with Crippen molar-refractivity contribution in [1.82, 2.24) is 4.90 Å². The zero-order valence-electron chi connectivity index (χ0n) is 20.0. The molecule has 0 spiro atoms. The number of aliphatic hydroxyl groups is 1. The fourth-order valence-corrected chi connectivity index (χ4v) is 4.80. The number of rotatable bonds is 8. The molecule has 2 aromatic rings. The Hall–Kier alpha value is -2.04. The van der Waals surface area contributed by atoms with Gasteiger partial charge in [0.15, 0.2) is 0 Å². The van der Waals surface area contributed by atoms with Gasteiger partial charge in [-0.25, -0.2) is 0 Å². The van der Waals surface area contributed by atoms with Crippen LogP contribution in [-0.2, 0) is 5.41 Å². The van der Waals surface area contributed by atoms with Gasteiger partial charge in [-0.05, 0) is 47.1 Å². The van der Waals surface area contributed by atoms with Crippen molar-refractivity contribution in [1.29, 1.82) is 0 Å². The van der Waals surface area contributed by atoms with E-state index >= 15 is 0 Å². The zero-order chi connectivity index (χ0) is 22.5. The van der Waals surface area contributed by atoms with E-state index in [9.17, 15) is 5.11 Å². The lowest BCUT2D eigenvalue weighted by atomic mass is 9.72. The summed E-state index contributed by atoms with van der Waals surface area (Å²) in [5.41, 5.74) is 3.01. The standard InChI is InChI=1S/C27H40N2O2/c1-26(2,3)21-27(4,5)22-11-13-25(14-12-22)31-20-24(30)19-28-15-17-29(18-16-28)23-9-7-6-8-10-23/h6-14,24,30H,15-21H2,1-5H3. The monoisotopic (exact) mass is 424 g/mol. The van der Waals surface area contributed by atoms with E-state index in [0.29, 0.717) is 13.2 Å². The third kappa shape index (κ3) is 7.26. The first-order chi connectivity index (χ1) is 14.6. The smallest absolute Gasteiger partial charge is 0.119 e. The van der Waals surface area contributed by atoms with Crippen molar-refractivity contribution >= 4 is 5.69 Å². The van der Waals surface area contributed by atoms with Crippen LogP contribution in [0.25, 0.3) is 0 Å². The highest BCUT2D eigenvalue weighted by Crippen LogP contribution is 2.36. The molecule has 1 heterocycles. The fourth-order valence-electron chi connectivity index (χ4n) is 4.80. The number of ether oxygens (including phenoxy) is 1. The molecule has 170 valence electrons. The minimum absolute atomic E-state index is 0.123. The van der Waals surface area contributed by atoms with Crippen LogP contribution in [0.15, 0.2) is 54.6 Å². The molecule has 0 bridgehead atoms. The molecule has 0 aliphatic carbocycles. The summed E-state index contributed by atoms with van der Waals surface area (Å²) in [5, 5.41) is 10.5. The lowest BCUT2D eigenvalue weighted by Crippen LogP contribution is -2.49. The van der Waals surface area contributed by atoms with Crippen LogP contribution in [0.4, 0.5) is 5.69 Å². The average molecular weight is 425 g/mol. The second-order valence-electron chi connectivity index (χ2n) is 10.7. The van der Waals surface area contributed by atoms with E-state index in [1.54, 1.807) is 0 Å². The summed E-state index contributed by atoms with van der Waals surface area (Å²) in [6, 6.07) is 18.9. The van der Waals surface area contributed by atoms with Crippen LogP contribution in [0, 0.1) is 5.41 Å². The van der Waals surface area contributed by atoms with Gasteiger partial charge >= 0.3 is 0 Å². The number of anilines is 1. The summed E-state index contributed by atoms with van der Waals surface area (Å²) >= 11 is 0. The van der Waals surface area contributed by atoms with Gasteiger partial charge in [0.2, 0.25) is 0 Å². The van der Waals surface area contributed by atoms with Crippen LogP contribution >= 0.6 is 0 Å². The number of β-amino-alcohol motifs (C(OH)–C–C–N with tert-alkyl or cyclic N) is 1. The third-order valence-corrected chi connectivity index (χ3v) is 6.01. The quantitative estimate of drug-likeness (QED) is 0.650. The molecule has 3 rings (SSSR count). The zero-order valence-corrected chi connectivity index (χ0v) is 20.0. The predicted octanol–water partition coefficient (Wildman–Crippen LogP) is 4.96. The topological polar surface area (TPSA) is 35.9 Å². The number of hydrogen-bond donors (Lipinski definition) is 1. The van der Waals surface area contributed by atoms with Gasteiger partial charge in [-0.3, -0.25) is 4.90 Å². The Balaban J connectivity index is 1.42. The van der Waals surface area contributed by atoms with Crippen molar-refractivity contribution in [2.24, 2.45) is 5.41 Å². The highest BCUT2D eigenvalue weighted by Gasteiger charge is 2.27. The summed E-state index contributed by atoms with van der Waals surface area (Å²) in [5.74, 6) is 0.822. The molecular weight excluding hydrogens is 384 g/mol. The first kappa shape index (κ1) is 23.6. The lowest BCUT2D eigenvalue weighted by Gasteiger charge is -2.36. The van der Waals surface area contributed by atoms with E-state index in [4.69, 9.17) is 4.74 Å². The summed E-state index contributed by atoms with van der Waals surface area (Å²) in [7, 11) is 0. The van der Waals surface area contributed by atoms with Gasteiger partial charge in [-0.2, -0.15) is 0 Å². The van der Waals surface area contributed by atoms with Gasteiger partial charge in [0.25, 0.3) is 0 Å². The molecule has 2 aromatic carbocycles. The van der Waals surface area contributed by atoms with Crippen LogP contribution in [-0.4, -0.2) is 55.4 Å². The number of benzene rings is 2. The van der Waals surface area contributed by atoms with Crippen molar-refractivity contribution in [3.63, 3.8) is 0 Å². The number of nitrogens with zero attached hydrogens (tertiary/aromatic N) is 2. The lowest BCUT2D eigenvalue weighted by molar-refractivity contribution is 0.0663. The number of aliphatic hydroxyl groups excluding tert-OH is 1. The van der Waals surface area contributed by atoms with Crippen molar-refractivity contribution in [2.75, 3.05) is 44.2 Å². The maximum atomic E-state index is 10.5. The largest absolute Gasteiger partial charge is 0.491 e. The number of hydrogen-bond acceptors (Lipinski definition) is 4. The Morgan fingerprint density at radius 3 is 2.06 bits per heavy atom.